The van der Waals surface area contributed by atoms with Crippen LogP contribution < -0.4 is 19.7 Å². The van der Waals surface area contributed by atoms with E-state index in [0.717, 1.165) is 4.90 Å². The molecule has 4 rings (SSSR count). The van der Waals surface area contributed by atoms with Crippen molar-refractivity contribution in [2.24, 2.45) is 0 Å². The van der Waals surface area contributed by atoms with Crippen LogP contribution in [0.4, 0.5) is 11.4 Å². The van der Waals surface area contributed by atoms with Crippen LogP contribution in [0.5, 0.6) is 11.5 Å². The molecule has 0 atom stereocenters. The van der Waals surface area contributed by atoms with Gasteiger partial charge in [0.15, 0.2) is 0 Å². The van der Waals surface area contributed by atoms with Crippen molar-refractivity contribution in [1.29, 1.82) is 0 Å². The van der Waals surface area contributed by atoms with E-state index < -0.39 is 11.8 Å². The van der Waals surface area contributed by atoms with Gasteiger partial charge in [0, 0.05) is 9.90 Å². The molecule has 0 unspecified atom stereocenters. The van der Waals surface area contributed by atoms with Gasteiger partial charge in [-0.25, -0.2) is 4.90 Å². The Morgan fingerprint density at radius 1 is 1.00 bits per heavy atom. The van der Waals surface area contributed by atoms with Crippen LogP contribution in [-0.2, 0) is 9.59 Å². The molecule has 164 valence electrons. The second-order valence-corrected chi connectivity index (χ2v) is 8.66. The Morgan fingerprint density at radius 3 is 2.47 bits per heavy atom. The number of methoxy groups -OCH3 is 1. The Balaban J connectivity index is 1.82. The van der Waals surface area contributed by atoms with Crippen molar-refractivity contribution in [1.82, 2.24) is 0 Å². The van der Waals surface area contributed by atoms with Gasteiger partial charge in [-0.15, -0.1) is 11.3 Å². The number of carbonyl (C=O) groups is 2. The van der Waals surface area contributed by atoms with E-state index in [0.29, 0.717) is 32.8 Å². The predicted octanol–water partition coefficient (Wildman–Crippen LogP) is 5.59. The zero-order chi connectivity index (χ0) is 22.8. The van der Waals surface area contributed by atoms with Crippen LogP contribution in [0.3, 0.4) is 0 Å². The lowest BCUT2D eigenvalue weighted by Crippen LogP contribution is -2.33. The average molecular weight is 469 g/mol. The quantitative estimate of drug-likeness (QED) is 0.457. The van der Waals surface area contributed by atoms with Crippen LogP contribution in [0.25, 0.3) is 5.57 Å². The third-order valence-electron chi connectivity index (χ3n) is 4.74. The van der Waals surface area contributed by atoms with E-state index in [-0.39, 0.29) is 17.4 Å². The van der Waals surface area contributed by atoms with Crippen LogP contribution in [0, 0.1) is 0 Å². The van der Waals surface area contributed by atoms with E-state index >= 15 is 0 Å². The molecule has 8 heteroatoms. The second kappa shape index (κ2) is 9.06. The maximum absolute atomic E-state index is 13.6. The van der Waals surface area contributed by atoms with E-state index in [1.807, 2.05) is 31.4 Å². The van der Waals surface area contributed by atoms with Gasteiger partial charge in [0.1, 0.15) is 17.2 Å². The predicted molar refractivity (Wildman–Crippen MR) is 128 cm³/mol. The molecule has 0 fully saturated rings. The van der Waals surface area contributed by atoms with Crippen LogP contribution in [0.15, 0.2) is 65.7 Å². The Bertz CT molecular complexity index is 1200. The molecule has 0 saturated carbocycles. The summed E-state index contributed by atoms with van der Waals surface area (Å²) in [7, 11) is 1.52. The van der Waals surface area contributed by atoms with Gasteiger partial charge >= 0.3 is 0 Å². The minimum Gasteiger partial charge on any atom is -0.495 e. The number of amides is 2. The molecule has 6 nitrogen and oxygen atoms in total. The molecule has 0 bridgehead atoms. The lowest BCUT2D eigenvalue weighted by Gasteiger charge is -2.20. The summed E-state index contributed by atoms with van der Waals surface area (Å²) in [4.78, 5) is 29.0. The third-order valence-corrected chi connectivity index (χ3v) is 5.86. The molecule has 0 radical (unpaired) electrons. The third kappa shape index (κ3) is 4.09. The number of halogens is 1. The van der Waals surface area contributed by atoms with E-state index in [9.17, 15) is 9.59 Å². The molecule has 1 aliphatic heterocycles. The number of thiophene rings is 1. The topological polar surface area (TPSA) is 67.9 Å². The summed E-state index contributed by atoms with van der Waals surface area (Å²) in [5.74, 6) is 0.0342. The molecule has 1 N–H and O–H groups in total. The first-order valence-electron chi connectivity index (χ1n) is 9.94. The van der Waals surface area contributed by atoms with Crippen molar-refractivity contribution in [2.45, 2.75) is 20.0 Å². The van der Waals surface area contributed by atoms with E-state index in [4.69, 9.17) is 21.1 Å². The molecule has 0 saturated heterocycles. The molecule has 2 heterocycles. The summed E-state index contributed by atoms with van der Waals surface area (Å²) in [6.45, 7) is 3.77. The molecule has 1 aliphatic rings. The van der Waals surface area contributed by atoms with Gasteiger partial charge in [-0.1, -0.05) is 29.8 Å². The van der Waals surface area contributed by atoms with Gasteiger partial charge in [-0.3, -0.25) is 9.59 Å². The van der Waals surface area contributed by atoms with Crippen LogP contribution in [0.2, 0.25) is 5.02 Å². The lowest BCUT2D eigenvalue weighted by molar-refractivity contribution is -0.120. The maximum Gasteiger partial charge on any atom is 0.282 e. The lowest BCUT2D eigenvalue weighted by atomic mass is 10.1. The standard InChI is InChI=1S/C24H21ClN2O4S/c1-14(2)31-19-8-5-4-7-17(19)27-23(28)21(20-9-6-12-32-20)22(24(27)29)26-16-13-15(25)10-11-18(16)30-3/h4-14,26H,1-3H3. The van der Waals surface area contributed by atoms with Crippen molar-refractivity contribution in [3.8, 4) is 11.5 Å². The van der Waals surface area contributed by atoms with Crippen molar-refractivity contribution in [3.63, 3.8) is 0 Å². The molecule has 3 aromatic rings. The van der Waals surface area contributed by atoms with Crippen LogP contribution in [-0.4, -0.2) is 25.0 Å². The Labute approximate surface area is 195 Å². The number of ether oxygens (including phenoxy) is 2. The summed E-state index contributed by atoms with van der Waals surface area (Å²) >= 11 is 7.54. The zero-order valence-electron chi connectivity index (χ0n) is 17.7. The fraction of sp³-hybridized carbons (Fsp3) is 0.167. The molecule has 0 aliphatic carbocycles. The second-order valence-electron chi connectivity index (χ2n) is 7.28. The first kappa shape index (κ1) is 21.9. The van der Waals surface area contributed by atoms with Crippen molar-refractivity contribution < 1.29 is 19.1 Å². The van der Waals surface area contributed by atoms with Gasteiger partial charge in [0.25, 0.3) is 11.8 Å². The maximum atomic E-state index is 13.6. The van der Waals surface area contributed by atoms with Gasteiger partial charge in [-0.05, 0) is 55.6 Å². The summed E-state index contributed by atoms with van der Waals surface area (Å²) in [6, 6.07) is 15.7. The minimum absolute atomic E-state index is 0.123. The number of hydrogen-bond acceptors (Lipinski definition) is 6. The Kier molecular flexibility index (Phi) is 6.21. The highest BCUT2D eigenvalue weighted by molar-refractivity contribution is 7.11. The highest BCUT2D eigenvalue weighted by Crippen LogP contribution is 2.40. The molecule has 2 amide bonds. The molecule has 0 spiro atoms. The molecule has 1 aromatic heterocycles. The number of hydrogen-bond donors (Lipinski definition) is 1. The Hall–Kier alpha value is -3.29. The highest BCUT2D eigenvalue weighted by atomic mass is 35.5. The Morgan fingerprint density at radius 2 is 1.78 bits per heavy atom. The number of benzene rings is 2. The number of imide groups is 1. The summed E-state index contributed by atoms with van der Waals surface area (Å²) in [5.41, 5.74) is 1.31. The van der Waals surface area contributed by atoms with Crippen LogP contribution >= 0.6 is 22.9 Å². The van der Waals surface area contributed by atoms with Gasteiger partial charge in [0.05, 0.1) is 30.2 Å². The summed E-state index contributed by atoms with van der Waals surface area (Å²) < 4.78 is 11.3. The van der Waals surface area contributed by atoms with Crippen LogP contribution in [0.1, 0.15) is 18.7 Å². The minimum atomic E-state index is -0.486. The fourth-order valence-corrected chi connectivity index (χ4v) is 4.36. The van der Waals surface area contributed by atoms with E-state index in [2.05, 4.69) is 5.32 Å². The zero-order valence-corrected chi connectivity index (χ0v) is 19.3. The smallest absolute Gasteiger partial charge is 0.282 e. The van der Waals surface area contributed by atoms with E-state index in [1.165, 1.54) is 18.4 Å². The number of rotatable bonds is 7. The monoisotopic (exact) mass is 468 g/mol. The normalized spacial score (nSPS) is 13.8. The van der Waals surface area contributed by atoms with Gasteiger partial charge < -0.3 is 14.8 Å². The fourth-order valence-electron chi connectivity index (χ4n) is 3.42. The van der Waals surface area contributed by atoms with E-state index in [1.54, 1.807) is 42.5 Å². The number of carbonyl (C=O) groups excluding carboxylic acids is 2. The molecule has 2 aromatic carbocycles. The molecular weight excluding hydrogens is 448 g/mol. The van der Waals surface area contributed by atoms with Crippen molar-refractivity contribution in [2.75, 3.05) is 17.3 Å². The highest BCUT2D eigenvalue weighted by Gasteiger charge is 2.42. The molecule has 32 heavy (non-hydrogen) atoms. The largest absolute Gasteiger partial charge is 0.495 e. The summed E-state index contributed by atoms with van der Waals surface area (Å²) in [5, 5.41) is 5.43. The first-order valence-corrected chi connectivity index (χ1v) is 11.2. The average Bonchev–Trinajstić information content (AvgIpc) is 3.36. The van der Waals surface area contributed by atoms with Gasteiger partial charge in [-0.2, -0.15) is 0 Å². The molecular formula is C24H21ClN2O4S. The number of para-hydroxylation sites is 2. The van der Waals surface area contributed by atoms with Crippen molar-refractivity contribution in [3.05, 3.63) is 75.6 Å². The number of nitrogens with zero attached hydrogens (tertiary/aromatic N) is 1. The van der Waals surface area contributed by atoms with Gasteiger partial charge in [0.2, 0.25) is 0 Å². The first-order chi connectivity index (χ1) is 15.4. The number of anilines is 2. The number of nitrogens with one attached hydrogen (secondary N) is 1. The summed E-state index contributed by atoms with van der Waals surface area (Å²) in [6.07, 6.45) is -0.123. The van der Waals surface area contributed by atoms with Crippen molar-refractivity contribution >= 4 is 51.7 Å². The SMILES string of the molecule is COc1ccc(Cl)cc1NC1=C(c2cccs2)C(=O)N(c2ccccc2OC(C)C)C1=O.